The average molecular weight is 330 g/mol. The van der Waals surface area contributed by atoms with Crippen molar-refractivity contribution in [3.8, 4) is 0 Å². The summed E-state index contributed by atoms with van der Waals surface area (Å²) < 4.78 is 14.0. The summed E-state index contributed by atoms with van der Waals surface area (Å²) in [5, 5.41) is 11.4. The summed E-state index contributed by atoms with van der Waals surface area (Å²) in [6.07, 6.45) is 1.33. The van der Waals surface area contributed by atoms with Gasteiger partial charge in [0.25, 0.3) is 0 Å². The van der Waals surface area contributed by atoms with Gasteiger partial charge in [0, 0.05) is 10.4 Å². The van der Waals surface area contributed by atoms with Crippen LogP contribution in [-0.2, 0) is 9.59 Å². The second-order valence-electron chi connectivity index (χ2n) is 4.63. The summed E-state index contributed by atoms with van der Waals surface area (Å²) in [5.74, 6) is -2.56. The maximum Gasteiger partial charge on any atom is 0.306 e. The fraction of sp³-hybridized carbons (Fsp3) is 0.385. The molecule has 0 heterocycles. The first-order valence-corrected chi connectivity index (χ1v) is 6.76. The molecule has 1 aromatic rings. The van der Waals surface area contributed by atoms with Gasteiger partial charge >= 0.3 is 5.97 Å². The SMILES string of the molecule is O=C(O)[C@H]1CC[C@@H](C(=O)Nc2c(F)cccc2Br)C1. The number of anilines is 1. The van der Waals surface area contributed by atoms with E-state index in [4.69, 9.17) is 5.11 Å². The summed E-state index contributed by atoms with van der Waals surface area (Å²) in [6.45, 7) is 0. The predicted octanol–water partition coefficient (Wildman–Crippen LogP) is 3.03. The van der Waals surface area contributed by atoms with Gasteiger partial charge in [0.1, 0.15) is 5.82 Å². The van der Waals surface area contributed by atoms with E-state index >= 15 is 0 Å². The molecule has 1 aromatic carbocycles. The lowest BCUT2D eigenvalue weighted by Crippen LogP contribution is -2.22. The first kappa shape index (κ1) is 14.0. The molecule has 1 aliphatic carbocycles. The topological polar surface area (TPSA) is 66.4 Å². The van der Waals surface area contributed by atoms with Crippen molar-refractivity contribution in [2.24, 2.45) is 11.8 Å². The van der Waals surface area contributed by atoms with E-state index in [0.29, 0.717) is 23.7 Å². The first-order valence-electron chi connectivity index (χ1n) is 5.96. The van der Waals surface area contributed by atoms with Gasteiger partial charge in [-0.3, -0.25) is 9.59 Å². The molecule has 1 aliphatic rings. The van der Waals surface area contributed by atoms with Crippen molar-refractivity contribution in [1.29, 1.82) is 0 Å². The van der Waals surface area contributed by atoms with Crippen LogP contribution in [0.15, 0.2) is 22.7 Å². The minimum atomic E-state index is -0.873. The Balaban J connectivity index is 2.04. The molecule has 2 N–H and O–H groups in total. The van der Waals surface area contributed by atoms with Gasteiger partial charge in [0.15, 0.2) is 0 Å². The molecule has 1 saturated carbocycles. The number of benzene rings is 1. The Bertz CT molecular complexity index is 500. The molecule has 6 heteroatoms. The average Bonchev–Trinajstić information content (AvgIpc) is 2.83. The highest BCUT2D eigenvalue weighted by Crippen LogP contribution is 2.33. The van der Waals surface area contributed by atoms with E-state index in [2.05, 4.69) is 21.2 Å². The van der Waals surface area contributed by atoms with E-state index < -0.39 is 17.7 Å². The summed E-state index contributed by atoms with van der Waals surface area (Å²) >= 11 is 3.17. The normalized spacial score (nSPS) is 22.2. The Hall–Kier alpha value is -1.43. The highest BCUT2D eigenvalue weighted by atomic mass is 79.9. The van der Waals surface area contributed by atoms with E-state index in [9.17, 15) is 14.0 Å². The van der Waals surface area contributed by atoms with Gasteiger partial charge in [-0.15, -0.1) is 0 Å². The number of carboxylic acids is 1. The fourth-order valence-corrected chi connectivity index (χ4v) is 2.73. The summed E-state index contributed by atoms with van der Waals surface area (Å²) in [5.41, 5.74) is 0.103. The summed E-state index contributed by atoms with van der Waals surface area (Å²) in [7, 11) is 0. The molecule has 4 nitrogen and oxygen atoms in total. The fourth-order valence-electron chi connectivity index (χ4n) is 2.29. The number of nitrogens with one attached hydrogen (secondary N) is 1. The van der Waals surface area contributed by atoms with Crippen molar-refractivity contribution >= 4 is 33.5 Å². The standard InChI is InChI=1S/C13H13BrFNO3/c14-9-2-1-3-10(15)11(9)16-12(17)7-4-5-8(6-7)13(18)19/h1-3,7-8H,4-6H2,(H,16,17)(H,18,19)/t7-,8+/m1/s1. The number of para-hydroxylation sites is 1. The number of carboxylic acid groups (broad SMARTS) is 1. The van der Waals surface area contributed by atoms with Crippen molar-refractivity contribution < 1.29 is 19.1 Å². The number of amides is 1. The molecule has 102 valence electrons. The van der Waals surface area contributed by atoms with Crippen molar-refractivity contribution in [2.75, 3.05) is 5.32 Å². The van der Waals surface area contributed by atoms with Crippen LogP contribution < -0.4 is 5.32 Å². The number of carbonyl (C=O) groups is 2. The van der Waals surface area contributed by atoms with Crippen LogP contribution in [0.5, 0.6) is 0 Å². The molecule has 1 fully saturated rings. The van der Waals surface area contributed by atoms with E-state index in [1.807, 2.05) is 0 Å². The van der Waals surface area contributed by atoms with Crippen molar-refractivity contribution in [3.63, 3.8) is 0 Å². The van der Waals surface area contributed by atoms with Crippen LogP contribution in [0.1, 0.15) is 19.3 Å². The molecular formula is C13H13BrFNO3. The number of hydrogen-bond donors (Lipinski definition) is 2. The van der Waals surface area contributed by atoms with Crippen molar-refractivity contribution in [1.82, 2.24) is 0 Å². The third-order valence-corrected chi connectivity index (χ3v) is 4.02. The Labute approximate surface area is 118 Å². The number of carbonyl (C=O) groups excluding carboxylic acids is 1. The van der Waals surface area contributed by atoms with Crippen LogP contribution in [-0.4, -0.2) is 17.0 Å². The van der Waals surface area contributed by atoms with Crippen LogP contribution in [0.25, 0.3) is 0 Å². The van der Waals surface area contributed by atoms with Gasteiger partial charge in [-0.1, -0.05) is 6.07 Å². The van der Waals surface area contributed by atoms with Crippen LogP contribution in [0.4, 0.5) is 10.1 Å². The Kier molecular flexibility index (Phi) is 4.19. The van der Waals surface area contributed by atoms with Gasteiger partial charge in [-0.2, -0.15) is 0 Å². The van der Waals surface area contributed by atoms with Crippen LogP contribution >= 0.6 is 15.9 Å². The van der Waals surface area contributed by atoms with Crippen molar-refractivity contribution in [2.45, 2.75) is 19.3 Å². The molecular weight excluding hydrogens is 317 g/mol. The molecule has 0 aromatic heterocycles. The first-order chi connectivity index (χ1) is 8.99. The van der Waals surface area contributed by atoms with E-state index in [1.165, 1.54) is 12.1 Å². The lowest BCUT2D eigenvalue weighted by molar-refractivity contribution is -0.141. The summed E-state index contributed by atoms with van der Waals surface area (Å²) in [6, 6.07) is 4.42. The molecule has 0 unspecified atom stereocenters. The zero-order chi connectivity index (χ0) is 14.0. The minimum absolute atomic E-state index is 0.103. The van der Waals surface area contributed by atoms with Gasteiger partial charge in [-0.05, 0) is 47.3 Å². The quantitative estimate of drug-likeness (QED) is 0.895. The highest BCUT2D eigenvalue weighted by Gasteiger charge is 2.34. The van der Waals surface area contributed by atoms with Crippen LogP contribution in [0.2, 0.25) is 0 Å². The molecule has 0 radical (unpaired) electrons. The van der Waals surface area contributed by atoms with E-state index in [0.717, 1.165) is 0 Å². The van der Waals surface area contributed by atoms with Crippen molar-refractivity contribution in [3.05, 3.63) is 28.5 Å². The van der Waals surface area contributed by atoms with Gasteiger partial charge in [0.2, 0.25) is 5.91 Å². The summed E-state index contributed by atoms with van der Waals surface area (Å²) in [4.78, 5) is 22.8. The molecule has 19 heavy (non-hydrogen) atoms. The van der Waals surface area contributed by atoms with E-state index in [1.54, 1.807) is 6.07 Å². The lowest BCUT2D eigenvalue weighted by Gasteiger charge is -2.12. The lowest BCUT2D eigenvalue weighted by atomic mass is 10.0. The third-order valence-electron chi connectivity index (χ3n) is 3.36. The Morgan fingerprint density at radius 2 is 2.00 bits per heavy atom. The largest absolute Gasteiger partial charge is 0.481 e. The Morgan fingerprint density at radius 1 is 1.32 bits per heavy atom. The molecule has 1 amide bonds. The van der Waals surface area contributed by atoms with Crippen LogP contribution in [0.3, 0.4) is 0 Å². The zero-order valence-electron chi connectivity index (χ0n) is 10.0. The zero-order valence-corrected chi connectivity index (χ0v) is 11.6. The molecule has 0 saturated heterocycles. The molecule has 0 spiro atoms. The Morgan fingerprint density at radius 3 is 2.58 bits per heavy atom. The number of rotatable bonds is 3. The molecule has 2 atom stereocenters. The molecule has 0 bridgehead atoms. The smallest absolute Gasteiger partial charge is 0.306 e. The third kappa shape index (κ3) is 3.12. The minimum Gasteiger partial charge on any atom is -0.481 e. The van der Waals surface area contributed by atoms with E-state index in [-0.39, 0.29) is 17.5 Å². The van der Waals surface area contributed by atoms with Gasteiger partial charge < -0.3 is 10.4 Å². The highest BCUT2D eigenvalue weighted by molar-refractivity contribution is 9.10. The second kappa shape index (κ2) is 5.69. The molecule has 2 rings (SSSR count). The van der Waals surface area contributed by atoms with Crippen LogP contribution in [0, 0.1) is 17.7 Å². The number of hydrogen-bond acceptors (Lipinski definition) is 2. The maximum atomic E-state index is 13.6. The van der Waals surface area contributed by atoms with Gasteiger partial charge in [0.05, 0.1) is 11.6 Å². The number of halogens is 2. The molecule has 0 aliphatic heterocycles. The second-order valence-corrected chi connectivity index (χ2v) is 5.49. The maximum absolute atomic E-state index is 13.6. The van der Waals surface area contributed by atoms with Gasteiger partial charge in [-0.25, -0.2) is 4.39 Å². The number of aliphatic carboxylic acids is 1. The predicted molar refractivity (Wildman–Crippen MR) is 71.2 cm³/mol. The monoisotopic (exact) mass is 329 g/mol.